The van der Waals surface area contributed by atoms with Gasteiger partial charge in [0.1, 0.15) is 11.6 Å². The first kappa shape index (κ1) is 17.6. The summed E-state index contributed by atoms with van der Waals surface area (Å²) in [6.07, 6.45) is 0. The summed E-state index contributed by atoms with van der Waals surface area (Å²) in [5, 5.41) is 4.48. The summed E-state index contributed by atoms with van der Waals surface area (Å²) in [6.45, 7) is 3.86. The van der Waals surface area contributed by atoms with Crippen LogP contribution in [0.3, 0.4) is 0 Å². The minimum Gasteiger partial charge on any atom is -0.378 e. The van der Waals surface area contributed by atoms with Crippen molar-refractivity contribution in [3.63, 3.8) is 0 Å². The zero-order valence-electron chi connectivity index (χ0n) is 15.6. The summed E-state index contributed by atoms with van der Waals surface area (Å²) in [5.74, 6) is 1.39. The van der Waals surface area contributed by atoms with Crippen molar-refractivity contribution in [2.75, 3.05) is 24.4 Å². The van der Waals surface area contributed by atoms with Crippen molar-refractivity contribution in [1.82, 2.24) is 9.97 Å². The molecule has 0 aliphatic heterocycles. The van der Waals surface area contributed by atoms with Crippen molar-refractivity contribution in [2.24, 2.45) is 5.10 Å². The molecule has 0 fully saturated rings. The van der Waals surface area contributed by atoms with Gasteiger partial charge < -0.3 is 4.90 Å². The van der Waals surface area contributed by atoms with Crippen LogP contribution < -0.4 is 10.3 Å². The summed E-state index contributed by atoms with van der Waals surface area (Å²) >= 11 is 0. The topological polar surface area (TPSA) is 53.4 Å². The van der Waals surface area contributed by atoms with Crippen LogP contribution in [0.1, 0.15) is 18.3 Å². The van der Waals surface area contributed by atoms with Crippen molar-refractivity contribution in [3.05, 3.63) is 72.1 Å². The van der Waals surface area contributed by atoms with Gasteiger partial charge in [-0.3, -0.25) is 5.43 Å². The molecule has 26 heavy (non-hydrogen) atoms. The molecule has 1 N–H and O–H groups in total. The molecule has 0 saturated carbocycles. The van der Waals surface area contributed by atoms with E-state index in [2.05, 4.69) is 49.7 Å². The van der Waals surface area contributed by atoms with Crippen LogP contribution in [0.4, 0.5) is 11.5 Å². The number of nitrogens with zero attached hydrogens (tertiary/aromatic N) is 4. The van der Waals surface area contributed by atoms with E-state index in [9.17, 15) is 0 Å². The SMILES string of the molecule is C/C(=N\Nc1cc(-c2ccccc2)nc(C)n1)c1ccc(N(C)C)cc1. The van der Waals surface area contributed by atoms with Gasteiger partial charge in [-0.1, -0.05) is 42.5 Å². The minimum atomic E-state index is 0.681. The van der Waals surface area contributed by atoms with E-state index in [1.54, 1.807) is 0 Å². The van der Waals surface area contributed by atoms with Gasteiger partial charge in [-0.05, 0) is 31.5 Å². The van der Waals surface area contributed by atoms with E-state index in [-0.39, 0.29) is 0 Å². The molecule has 0 spiro atoms. The number of aromatic nitrogens is 2. The van der Waals surface area contributed by atoms with Crippen molar-refractivity contribution >= 4 is 17.2 Å². The van der Waals surface area contributed by atoms with Crippen LogP contribution in [-0.2, 0) is 0 Å². The molecule has 132 valence electrons. The lowest BCUT2D eigenvalue weighted by Gasteiger charge is -2.12. The van der Waals surface area contributed by atoms with E-state index in [4.69, 9.17) is 0 Å². The highest BCUT2D eigenvalue weighted by Gasteiger charge is 2.05. The fourth-order valence-electron chi connectivity index (χ4n) is 2.59. The molecular formula is C21H23N5. The Balaban J connectivity index is 1.80. The van der Waals surface area contributed by atoms with Gasteiger partial charge in [0.15, 0.2) is 0 Å². The molecule has 0 aliphatic carbocycles. The first-order valence-corrected chi connectivity index (χ1v) is 8.52. The Hall–Kier alpha value is -3.21. The highest BCUT2D eigenvalue weighted by molar-refractivity contribution is 5.99. The third-order valence-electron chi connectivity index (χ3n) is 4.05. The zero-order chi connectivity index (χ0) is 18.5. The number of hydrogen-bond donors (Lipinski definition) is 1. The Bertz CT molecular complexity index is 899. The maximum Gasteiger partial charge on any atom is 0.150 e. The van der Waals surface area contributed by atoms with Crippen molar-refractivity contribution < 1.29 is 0 Å². The van der Waals surface area contributed by atoms with Gasteiger partial charge in [0.2, 0.25) is 0 Å². The molecule has 0 unspecified atom stereocenters. The molecule has 0 saturated heterocycles. The molecule has 3 aromatic rings. The van der Waals surface area contributed by atoms with Crippen LogP contribution >= 0.6 is 0 Å². The van der Waals surface area contributed by atoms with E-state index in [1.165, 1.54) is 0 Å². The highest BCUT2D eigenvalue weighted by atomic mass is 15.3. The van der Waals surface area contributed by atoms with Gasteiger partial charge >= 0.3 is 0 Å². The van der Waals surface area contributed by atoms with E-state index < -0.39 is 0 Å². The van der Waals surface area contributed by atoms with E-state index >= 15 is 0 Å². The Labute approximate surface area is 154 Å². The number of nitrogens with one attached hydrogen (secondary N) is 1. The fraction of sp³-hybridized carbons (Fsp3) is 0.190. The van der Waals surface area contributed by atoms with Crippen molar-refractivity contribution in [3.8, 4) is 11.3 Å². The third-order valence-corrected chi connectivity index (χ3v) is 4.05. The van der Waals surface area contributed by atoms with Crippen molar-refractivity contribution in [1.29, 1.82) is 0 Å². The van der Waals surface area contributed by atoms with E-state index in [0.29, 0.717) is 11.6 Å². The van der Waals surface area contributed by atoms with E-state index in [1.807, 2.05) is 64.3 Å². The molecule has 5 heteroatoms. The van der Waals surface area contributed by atoms with Crippen LogP contribution in [-0.4, -0.2) is 29.8 Å². The molecule has 2 aromatic carbocycles. The van der Waals surface area contributed by atoms with Crippen LogP contribution in [0.5, 0.6) is 0 Å². The maximum absolute atomic E-state index is 4.51. The molecule has 5 nitrogen and oxygen atoms in total. The van der Waals surface area contributed by atoms with Crippen molar-refractivity contribution in [2.45, 2.75) is 13.8 Å². The zero-order valence-corrected chi connectivity index (χ0v) is 15.6. The molecule has 0 radical (unpaired) electrons. The first-order chi connectivity index (χ1) is 12.5. The maximum atomic E-state index is 4.51. The Morgan fingerprint density at radius 3 is 2.31 bits per heavy atom. The van der Waals surface area contributed by atoms with Crippen LogP contribution in [0.15, 0.2) is 65.8 Å². The highest BCUT2D eigenvalue weighted by Crippen LogP contribution is 2.19. The molecule has 3 rings (SSSR count). The molecule has 1 aromatic heterocycles. The molecule has 0 amide bonds. The fourth-order valence-corrected chi connectivity index (χ4v) is 2.59. The second-order valence-electron chi connectivity index (χ2n) is 6.30. The van der Waals surface area contributed by atoms with E-state index in [0.717, 1.165) is 28.2 Å². The second-order valence-corrected chi connectivity index (χ2v) is 6.30. The Kier molecular flexibility index (Phi) is 5.27. The summed E-state index contributed by atoms with van der Waals surface area (Å²) in [7, 11) is 4.05. The van der Waals surface area contributed by atoms with Gasteiger partial charge in [0, 0.05) is 31.4 Å². The smallest absolute Gasteiger partial charge is 0.150 e. The van der Waals surface area contributed by atoms with Crippen LogP contribution in [0.2, 0.25) is 0 Å². The van der Waals surface area contributed by atoms with Crippen LogP contribution in [0.25, 0.3) is 11.3 Å². The Morgan fingerprint density at radius 1 is 0.962 bits per heavy atom. The lowest BCUT2D eigenvalue weighted by atomic mass is 10.1. The molecule has 0 bridgehead atoms. The van der Waals surface area contributed by atoms with Gasteiger partial charge in [-0.15, -0.1) is 0 Å². The Morgan fingerprint density at radius 2 is 1.65 bits per heavy atom. The number of anilines is 2. The number of rotatable bonds is 5. The number of hydrogen-bond acceptors (Lipinski definition) is 5. The normalized spacial score (nSPS) is 11.3. The van der Waals surface area contributed by atoms with Gasteiger partial charge in [0.05, 0.1) is 11.4 Å². The second kappa shape index (κ2) is 7.78. The molecule has 1 heterocycles. The minimum absolute atomic E-state index is 0.681. The lowest BCUT2D eigenvalue weighted by Crippen LogP contribution is -2.09. The van der Waals surface area contributed by atoms with Crippen LogP contribution in [0, 0.1) is 6.92 Å². The first-order valence-electron chi connectivity index (χ1n) is 8.52. The summed E-state index contributed by atoms with van der Waals surface area (Å²) in [4.78, 5) is 11.0. The average Bonchev–Trinajstić information content (AvgIpc) is 2.66. The average molecular weight is 345 g/mol. The van der Waals surface area contributed by atoms with Gasteiger partial charge in [0.25, 0.3) is 0 Å². The van der Waals surface area contributed by atoms with Gasteiger partial charge in [-0.25, -0.2) is 9.97 Å². The molecular weight excluding hydrogens is 322 g/mol. The number of hydrazone groups is 1. The summed E-state index contributed by atoms with van der Waals surface area (Å²) < 4.78 is 0. The summed E-state index contributed by atoms with van der Waals surface area (Å²) in [5.41, 5.74) is 8.12. The number of aryl methyl sites for hydroxylation is 1. The summed E-state index contributed by atoms with van der Waals surface area (Å²) in [6, 6.07) is 20.3. The predicted molar refractivity (Wildman–Crippen MR) is 109 cm³/mol. The predicted octanol–water partition coefficient (Wildman–Crippen LogP) is 4.35. The lowest BCUT2D eigenvalue weighted by molar-refractivity contribution is 1.05. The standard InChI is InChI=1S/C21H23N5/c1-15(17-10-12-19(13-11-17)26(3)4)24-25-21-14-20(22-16(2)23-21)18-8-6-5-7-9-18/h5-14H,1-4H3,(H,22,23,25)/b24-15+. The largest absolute Gasteiger partial charge is 0.378 e. The molecule has 0 aliphatic rings. The quantitative estimate of drug-likeness (QED) is 0.551. The monoisotopic (exact) mass is 345 g/mol. The third kappa shape index (κ3) is 4.25. The number of benzene rings is 2. The molecule has 0 atom stereocenters. The van der Waals surface area contributed by atoms with Gasteiger partial charge in [-0.2, -0.15) is 5.10 Å².